The van der Waals surface area contributed by atoms with Crippen LogP contribution in [0.1, 0.15) is 15.9 Å². The van der Waals surface area contributed by atoms with Crippen molar-refractivity contribution in [3.05, 3.63) is 45.2 Å². The minimum atomic E-state index is -1.41. The van der Waals surface area contributed by atoms with Gasteiger partial charge in [-0.1, -0.05) is 0 Å². The summed E-state index contributed by atoms with van der Waals surface area (Å²) in [5, 5.41) is 9.01. The molecule has 2 rings (SSSR count). The van der Waals surface area contributed by atoms with E-state index in [4.69, 9.17) is 5.11 Å². The number of fused-ring (bicyclic) bond motifs is 1. The van der Waals surface area contributed by atoms with Gasteiger partial charge in [0.05, 0.1) is 5.52 Å². The molecule has 6 heteroatoms. The fourth-order valence-corrected chi connectivity index (χ4v) is 1.71. The van der Waals surface area contributed by atoms with Gasteiger partial charge in [0.25, 0.3) is 5.56 Å². The molecule has 0 aliphatic carbocycles. The fourth-order valence-electron chi connectivity index (χ4n) is 1.71. The van der Waals surface area contributed by atoms with Crippen LogP contribution >= 0.6 is 0 Å². The smallest absolute Gasteiger partial charge is 0.341 e. The van der Waals surface area contributed by atoms with E-state index in [-0.39, 0.29) is 16.5 Å². The van der Waals surface area contributed by atoms with Gasteiger partial charge in [-0.05, 0) is 18.6 Å². The Morgan fingerprint density at radius 3 is 2.47 bits per heavy atom. The first-order valence-electron chi connectivity index (χ1n) is 4.66. The average Bonchev–Trinajstić information content (AvgIpc) is 2.21. The molecule has 2 N–H and O–H groups in total. The molecule has 4 nitrogen and oxygen atoms in total. The van der Waals surface area contributed by atoms with E-state index in [1.54, 1.807) is 0 Å². The molecule has 0 saturated carbocycles. The van der Waals surface area contributed by atoms with Crippen LogP contribution in [0, 0.1) is 18.6 Å². The van der Waals surface area contributed by atoms with Gasteiger partial charge >= 0.3 is 5.97 Å². The summed E-state index contributed by atoms with van der Waals surface area (Å²) in [6.45, 7) is 1.37. The van der Waals surface area contributed by atoms with E-state index in [1.807, 2.05) is 0 Å². The number of aromatic carboxylic acids is 1. The lowest BCUT2D eigenvalue weighted by Crippen LogP contribution is -2.19. The molecule has 0 radical (unpaired) electrons. The van der Waals surface area contributed by atoms with Crippen molar-refractivity contribution >= 4 is 16.9 Å². The molecule has 17 heavy (non-hydrogen) atoms. The van der Waals surface area contributed by atoms with Crippen molar-refractivity contribution in [3.63, 3.8) is 0 Å². The number of carboxylic acids is 1. The van der Waals surface area contributed by atoms with Crippen LogP contribution < -0.4 is 5.56 Å². The Labute approximate surface area is 93.5 Å². The Morgan fingerprint density at radius 1 is 1.29 bits per heavy atom. The number of rotatable bonds is 1. The SMILES string of the molecule is Cc1c(C(=O)O)c(=O)[nH]c2cc(F)c(F)cc12. The number of H-pyrrole nitrogens is 1. The maximum absolute atomic E-state index is 13.0. The molecule has 0 amide bonds. The average molecular weight is 239 g/mol. The van der Waals surface area contributed by atoms with Gasteiger partial charge in [0.15, 0.2) is 11.6 Å². The van der Waals surface area contributed by atoms with Gasteiger partial charge in [-0.15, -0.1) is 0 Å². The van der Waals surface area contributed by atoms with E-state index in [2.05, 4.69) is 4.98 Å². The molecule has 0 saturated heterocycles. The number of hydrogen-bond donors (Lipinski definition) is 2. The number of aryl methyl sites for hydroxylation is 1. The van der Waals surface area contributed by atoms with Crippen molar-refractivity contribution in [2.75, 3.05) is 0 Å². The van der Waals surface area contributed by atoms with Crippen molar-refractivity contribution in [2.45, 2.75) is 6.92 Å². The summed E-state index contributed by atoms with van der Waals surface area (Å²) in [6.07, 6.45) is 0. The second-order valence-electron chi connectivity index (χ2n) is 3.57. The molecule has 0 spiro atoms. The lowest BCUT2D eigenvalue weighted by atomic mass is 10.0. The Bertz CT molecular complexity index is 691. The Hall–Kier alpha value is -2.24. The zero-order valence-corrected chi connectivity index (χ0v) is 8.67. The Morgan fingerprint density at radius 2 is 1.88 bits per heavy atom. The lowest BCUT2D eigenvalue weighted by molar-refractivity contribution is 0.0694. The third-order valence-corrected chi connectivity index (χ3v) is 2.53. The molecular formula is C11H7F2NO3. The van der Waals surface area contributed by atoms with Crippen molar-refractivity contribution < 1.29 is 18.7 Å². The molecule has 88 valence electrons. The van der Waals surface area contributed by atoms with E-state index in [0.29, 0.717) is 0 Å². The minimum Gasteiger partial charge on any atom is -0.477 e. The van der Waals surface area contributed by atoms with Gasteiger partial charge in [0.2, 0.25) is 0 Å². The predicted molar refractivity (Wildman–Crippen MR) is 56.2 cm³/mol. The number of nitrogens with one attached hydrogen (secondary N) is 1. The highest BCUT2D eigenvalue weighted by atomic mass is 19.2. The molecule has 1 heterocycles. The zero-order chi connectivity index (χ0) is 12.7. The van der Waals surface area contributed by atoms with Gasteiger partial charge in [-0.2, -0.15) is 0 Å². The van der Waals surface area contributed by atoms with Gasteiger partial charge in [0.1, 0.15) is 5.56 Å². The molecule has 1 aromatic heterocycles. The van der Waals surface area contributed by atoms with E-state index < -0.39 is 28.7 Å². The molecule has 1 aromatic carbocycles. The molecular weight excluding hydrogens is 232 g/mol. The molecule has 0 aliphatic rings. The summed E-state index contributed by atoms with van der Waals surface area (Å²) in [7, 11) is 0. The van der Waals surface area contributed by atoms with Crippen molar-refractivity contribution in [1.29, 1.82) is 0 Å². The lowest BCUT2D eigenvalue weighted by Gasteiger charge is -2.06. The van der Waals surface area contributed by atoms with Crippen LogP contribution in [0.5, 0.6) is 0 Å². The third kappa shape index (κ3) is 1.67. The standard InChI is InChI=1S/C11H7F2NO3/c1-4-5-2-6(12)7(13)3-8(5)14-10(15)9(4)11(16)17/h2-3H,1H3,(H,14,15)(H,16,17). The number of carboxylic acid groups (broad SMARTS) is 1. The number of carbonyl (C=O) groups is 1. The number of benzene rings is 1. The topological polar surface area (TPSA) is 70.2 Å². The van der Waals surface area contributed by atoms with Crippen LogP contribution in [-0.2, 0) is 0 Å². The van der Waals surface area contributed by atoms with Gasteiger partial charge in [-0.3, -0.25) is 4.79 Å². The van der Waals surface area contributed by atoms with E-state index >= 15 is 0 Å². The zero-order valence-electron chi connectivity index (χ0n) is 8.67. The summed E-state index contributed by atoms with van der Waals surface area (Å²) in [4.78, 5) is 24.5. The maximum atomic E-state index is 13.0. The van der Waals surface area contributed by atoms with Crippen LogP contribution in [0.2, 0.25) is 0 Å². The number of pyridine rings is 1. The van der Waals surface area contributed by atoms with E-state index in [1.165, 1.54) is 6.92 Å². The normalized spacial score (nSPS) is 10.8. The number of aromatic amines is 1. The first-order chi connectivity index (χ1) is 7.91. The largest absolute Gasteiger partial charge is 0.477 e. The second kappa shape index (κ2) is 3.65. The minimum absolute atomic E-state index is 0.0661. The van der Waals surface area contributed by atoms with Crippen molar-refractivity contribution in [3.8, 4) is 0 Å². The van der Waals surface area contributed by atoms with Crippen molar-refractivity contribution in [1.82, 2.24) is 4.98 Å². The van der Waals surface area contributed by atoms with Crippen LogP contribution in [-0.4, -0.2) is 16.1 Å². The van der Waals surface area contributed by atoms with Crippen LogP contribution in [0.15, 0.2) is 16.9 Å². The molecule has 0 fully saturated rings. The molecule has 0 unspecified atom stereocenters. The number of hydrogen-bond acceptors (Lipinski definition) is 2. The summed E-state index contributed by atoms with van der Waals surface area (Å²) >= 11 is 0. The summed E-state index contributed by atoms with van der Waals surface area (Å²) < 4.78 is 26.0. The highest BCUT2D eigenvalue weighted by Crippen LogP contribution is 2.20. The third-order valence-electron chi connectivity index (χ3n) is 2.53. The van der Waals surface area contributed by atoms with Crippen LogP contribution in [0.3, 0.4) is 0 Å². The summed E-state index contributed by atoms with van der Waals surface area (Å²) in [6, 6.07) is 1.69. The fraction of sp³-hybridized carbons (Fsp3) is 0.0909. The predicted octanol–water partition coefficient (Wildman–Crippen LogP) is 1.81. The van der Waals surface area contributed by atoms with Crippen LogP contribution in [0.25, 0.3) is 10.9 Å². The molecule has 0 bridgehead atoms. The van der Waals surface area contributed by atoms with Crippen molar-refractivity contribution in [2.24, 2.45) is 0 Å². The monoisotopic (exact) mass is 239 g/mol. The molecule has 2 aromatic rings. The van der Waals surface area contributed by atoms with E-state index in [9.17, 15) is 18.4 Å². The van der Waals surface area contributed by atoms with Gasteiger partial charge in [0, 0.05) is 11.5 Å². The highest BCUT2D eigenvalue weighted by Gasteiger charge is 2.17. The summed E-state index contributed by atoms with van der Waals surface area (Å²) in [5.41, 5.74) is -1.14. The first kappa shape index (κ1) is 11.3. The maximum Gasteiger partial charge on any atom is 0.341 e. The first-order valence-corrected chi connectivity index (χ1v) is 4.66. The second-order valence-corrected chi connectivity index (χ2v) is 3.57. The molecule has 0 atom stereocenters. The van der Waals surface area contributed by atoms with Gasteiger partial charge in [-0.25, -0.2) is 13.6 Å². The Kier molecular flexibility index (Phi) is 2.42. The van der Waals surface area contributed by atoms with Crippen LogP contribution in [0.4, 0.5) is 8.78 Å². The highest BCUT2D eigenvalue weighted by molar-refractivity contribution is 5.95. The number of aromatic nitrogens is 1. The van der Waals surface area contributed by atoms with E-state index in [0.717, 1.165) is 12.1 Å². The van der Waals surface area contributed by atoms with Gasteiger partial charge < -0.3 is 10.1 Å². The summed E-state index contributed by atoms with van der Waals surface area (Å²) in [5.74, 6) is -3.60. The quantitative estimate of drug-likeness (QED) is 0.797. The number of halogens is 2. The molecule has 0 aliphatic heterocycles. The Balaban J connectivity index is 2.97.